The summed E-state index contributed by atoms with van der Waals surface area (Å²) in [5.41, 5.74) is 7.55. The van der Waals surface area contributed by atoms with E-state index in [-0.39, 0.29) is 0 Å². The third kappa shape index (κ3) is 3.30. The SMILES string of the molecule is CC(C)c1nc(CO/N=C(/N)c2ccsc2)cs1. The smallest absolute Gasteiger partial charge is 0.171 e. The van der Waals surface area contributed by atoms with Gasteiger partial charge in [-0.05, 0) is 11.4 Å². The van der Waals surface area contributed by atoms with E-state index in [4.69, 9.17) is 10.6 Å². The molecule has 0 bridgehead atoms. The van der Waals surface area contributed by atoms with Crippen LogP contribution in [0.15, 0.2) is 27.4 Å². The van der Waals surface area contributed by atoms with Gasteiger partial charge in [-0.15, -0.1) is 11.3 Å². The molecule has 0 aromatic carbocycles. The van der Waals surface area contributed by atoms with Crippen molar-refractivity contribution in [3.8, 4) is 0 Å². The van der Waals surface area contributed by atoms with Crippen LogP contribution < -0.4 is 5.73 Å². The molecule has 18 heavy (non-hydrogen) atoms. The third-order valence-electron chi connectivity index (χ3n) is 2.26. The Morgan fingerprint density at radius 3 is 2.94 bits per heavy atom. The van der Waals surface area contributed by atoms with Gasteiger partial charge in [-0.1, -0.05) is 19.0 Å². The van der Waals surface area contributed by atoms with Crippen molar-refractivity contribution in [2.45, 2.75) is 26.4 Å². The molecule has 96 valence electrons. The lowest BCUT2D eigenvalue weighted by molar-refractivity contribution is 0.128. The van der Waals surface area contributed by atoms with Crippen LogP contribution in [0.4, 0.5) is 0 Å². The number of thiophene rings is 1. The molecule has 0 aliphatic heterocycles. The fourth-order valence-electron chi connectivity index (χ4n) is 1.28. The maximum atomic E-state index is 5.77. The van der Waals surface area contributed by atoms with Crippen LogP contribution in [0.2, 0.25) is 0 Å². The third-order valence-corrected chi connectivity index (χ3v) is 4.13. The van der Waals surface area contributed by atoms with E-state index in [1.165, 1.54) is 0 Å². The van der Waals surface area contributed by atoms with E-state index >= 15 is 0 Å². The Morgan fingerprint density at radius 1 is 1.50 bits per heavy atom. The summed E-state index contributed by atoms with van der Waals surface area (Å²) in [7, 11) is 0. The first-order chi connectivity index (χ1) is 8.66. The summed E-state index contributed by atoms with van der Waals surface area (Å²) in [4.78, 5) is 9.66. The molecule has 0 atom stereocenters. The summed E-state index contributed by atoms with van der Waals surface area (Å²) < 4.78 is 0. The van der Waals surface area contributed by atoms with Gasteiger partial charge in [0.25, 0.3) is 0 Å². The van der Waals surface area contributed by atoms with Crippen molar-refractivity contribution in [2.24, 2.45) is 10.9 Å². The molecule has 0 aliphatic rings. The van der Waals surface area contributed by atoms with Crippen molar-refractivity contribution >= 4 is 28.5 Å². The molecule has 0 amide bonds. The summed E-state index contributed by atoms with van der Waals surface area (Å²) in [6, 6.07) is 1.91. The molecule has 2 heterocycles. The average Bonchev–Trinajstić information content (AvgIpc) is 3.00. The van der Waals surface area contributed by atoms with E-state index in [9.17, 15) is 0 Å². The fraction of sp³-hybridized carbons (Fsp3) is 0.333. The zero-order valence-electron chi connectivity index (χ0n) is 10.3. The van der Waals surface area contributed by atoms with Crippen LogP contribution in [0.1, 0.15) is 36.0 Å². The molecule has 2 aromatic heterocycles. The number of hydrogen-bond acceptors (Lipinski definition) is 5. The number of nitrogens with two attached hydrogens (primary N) is 1. The van der Waals surface area contributed by atoms with Gasteiger partial charge in [0.05, 0.1) is 10.7 Å². The van der Waals surface area contributed by atoms with Crippen LogP contribution in [0, 0.1) is 0 Å². The summed E-state index contributed by atoms with van der Waals surface area (Å²) in [5.74, 6) is 0.846. The molecule has 0 spiro atoms. The average molecular weight is 281 g/mol. The highest BCUT2D eigenvalue weighted by Crippen LogP contribution is 2.19. The number of amidine groups is 1. The molecule has 2 N–H and O–H groups in total. The topological polar surface area (TPSA) is 60.5 Å². The molecule has 0 unspecified atom stereocenters. The first kappa shape index (κ1) is 13.0. The Morgan fingerprint density at radius 2 is 2.33 bits per heavy atom. The number of thiazole rings is 1. The van der Waals surface area contributed by atoms with E-state index in [2.05, 4.69) is 24.0 Å². The number of rotatable bonds is 5. The Balaban J connectivity index is 1.90. The van der Waals surface area contributed by atoms with E-state index in [0.717, 1.165) is 16.3 Å². The Bertz CT molecular complexity index is 517. The standard InChI is InChI=1S/C12H15N3OS2/c1-8(2)12-14-10(7-18-12)5-16-15-11(13)9-3-4-17-6-9/h3-4,6-8H,5H2,1-2H3,(H2,13,15). The molecule has 6 heteroatoms. The van der Waals surface area contributed by atoms with Gasteiger partial charge in [0.1, 0.15) is 0 Å². The molecule has 0 radical (unpaired) electrons. The van der Waals surface area contributed by atoms with Crippen LogP contribution in [0.25, 0.3) is 0 Å². The van der Waals surface area contributed by atoms with Crippen LogP contribution in [0.3, 0.4) is 0 Å². The monoisotopic (exact) mass is 281 g/mol. The highest BCUT2D eigenvalue weighted by atomic mass is 32.1. The molecule has 2 rings (SSSR count). The van der Waals surface area contributed by atoms with E-state index in [1.54, 1.807) is 22.7 Å². The minimum absolute atomic E-state index is 0.355. The second-order valence-electron chi connectivity index (χ2n) is 4.09. The number of nitrogens with zero attached hydrogens (tertiary/aromatic N) is 2. The zero-order chi connectivity index (χ0) is 13.0. The van der Waals surface area contributed by atoms with Crippen LogP contribution in [-0.4, -0.2) is 10.8 Å². The van der Waals surface area contributed by atoms with Gasteiger partial charge in [0.2, 0.25) is 0 Å². The molecule has 0 fully saturated rings. The van der Waals surface area contributed by atoms with Gasteiger partial charge in [-0.3, -0.25) is 0 Å². The fourth-order valence-corrected chi connectivity index (χ4v) is 2.75. The van der Waals surface area contributed by atoms with Crippen molar-refractivity contribution < 1.29 is 4.84 Å². The summed E-state index contributed by atoms with van der Waals surface area (Å²) >= 11 is 3.22. The lowest BCUT2D eigenvalue weighted by atomic mass is 10.2. The maximum absolute atomic E-state index is 5.77. The minimum atomic E-state index is 0.355. The largest absolute Gasteiger partial charge is 0.388 e. The molecule has 0 aliphatic carbocycles. The van der Waals surface area contributed by atoms with Gasteiger partial charge in [0.15, 0.2) is 12.4 Å². The maximum Gasteiger partial charge on any atom is 0.171 e. The van der Waals surface area contributed by atoms with Crippen molar-refractivity contribution in [3.05, 3.63) is 38.5 Å². The second-order valence-corrected chi connectivity index (χ2v) is 5.76. The Hall–Kier alpha value is -1.40. The molecule has 0 saturated heterocycles. The predicted octanol–water partition coefficient (Wildman–Crippen LogP) is 3.17. The van der Waals surface area contributed by atoms with Gasteiger partial charge in [-0.2, -0.15) is 11.3 Å². The van der Waals surface area contributed by atoms with Crippen molar-refractivity contribution in [1.29, 1.82) is 0 Å². The van der Waals surface area contributed by atoms with Crippen molar-refractivity contribution in [1.82, 2.24) is 4.98 Å². The summed E-state index contributed by atoms with van der Waals surface area (Å²) in [5, 5.41) is 10.9. The van der Waals surface area contributed by atoms with Crippen LogP contribution in [0.5, 0.6) is 0 Å². The number of oxime groups is 1. The molecular weight excluding hydrogens is 266 g/mol. The van der Waals surface area contributed by atoms with Gasteiger partial charge >= 0.3 is 0 Å². The highest BCUT2D eigenvalue weighted by Gasteiger charge is 2.06. The molecular formula is C12H15N3OS2. The molecule has 4 nitrogen and oxygen atoms in total. The van der Waals surface area contributed by atoms with E-state index in [1.807, 2.05) is 22.2 Å². The summed E-state index contributed by atoms with van der Waals surface area (Å²) in [6.45, 7) is 4.60. The number of aromatic nitrogens is 1. The first-order valence-corrected chi connectivity index (χ1v) is 7.41. The molecule has 0 saturated carbocycles. The predicted molar refractivity (Wildman–Crippen MR) is 76.0 cm³/mol. The van der Waals surface area contributed by atoms with Crippen molar-refractivity contribution in [3.63, 3.8) is 0 Å². The first-order valence-electron chi connectivity index (χ1n) is 5.59. The Kier molecular flexibility index (Phi) is 4.33. The normalized spacial score (nSPS) is 12.1. The number of hydrogen-bond donors (Lipinski definition) is 1. The van der Waals surface area contributed by atoms with Gasteiger partial charge < -0.3 is 10.6 Å². The van der Waals surface area contributed by atoms with Crippen LogP contribution in [-0.2, 0) is 11.4 Å². The minimum Gasteiger partial charge on any atom is -0.388 e. The second kappa shape index (κ2) is 5.97. The lowest BCUT2D eigenvalue weighted by Crippen LogP contribution is -2.12. The zero-order valence-corrected chi connectivity index (χ0v) is 11.9. The van der Waals surface area contributed by atoms with E-state index < -0.39 is 0 Å². The van der Waals surface area contributed by atoms with Gasteiger partial charge in [-0.25, -0.2) is 4.98 Å². The quantitative estimate of drug-likeness (QED) is 0.520. The lowest BCUT2D eigenvalue weighted by Gasteiger charge is -1.99. The Labute approximate surface area is 114 Å². The molecule has 2 aromatic rings. The van der Waals surface area contributed by atoms with Crippen molar-refractivity contribution in [2.75, 3.05) is 0 Å². The van der Waals surface area contributed by atoms with E-state index in [0.29, 0.717) is 18.4 Å². The highest BCUT2D eigenvalue weighted by molar-refractivity contribution is 7.09. The van der Waals surface area contributed by atoms with Crippen LogP contribution >= 0.6 is 22.7 Å². The van der Waals surface area contributed by atoms with Gasteiger partial charge in [0, 0.05) is 22.2 Å². The summed E-state index contributed by atoms with van der Waals surface area (Å²) in [6.07, 6.45) is 0.